The lowest BCUT2D eigenvalue weighted by atomic mass is 9.93. The molecule has 700 valence electrons. The minimum atomic E-state index is -4.02. The van der Waals surface area contributed by atoms with Crippen LogP contribution in [-0.2, 0) is 57.8 Å². The number of para-hydroxylation sites is 4. The Morgan fingerprint density at radius 2 is 0.806 bits per heavy atom. The molecule has 31 heteroatoms. The van der Waals surface area contributed by atoms with Crippen molar-refractivity contribution in [3.8, 4) is 23.0 Å². The first-order chi connectivity index (χ1) is 64.5. The first-order valence-electron chi connectivity index (χ1n) is 42.6. The minimum absolute atomic E-state index is 0.0394. The number of aryl methyl sites for hydroxylation is 1. The van der Waals surface area contributed by atoms with Gasteiger partial charge in [-0.1, -0.05) is 96.6 Å². The summed E-state index contributed by atoms with van der Waals surface area (Å²) in [6.45, 7) is 13.3. The molecule has 5 aromatic carbocycles. The number of aromatic nitrogens is 10. The molecule has 0 aliphatic rings. The largest absolute Gasteiger partial charge is 0.495 e. The molecule has 0 fully saturated rings. The van der Waals surface area contributed by atoms with E-state index in [9.17, 15) is 42.3 Å². The normalized spacial score (nSPS) is 12.2. The second-order valence-corrected chi connectivity index (χ2v) is 33.3. The fourth-order valence-electron chi connectivity index (χ4n) is 14.4. The summed E-state index contributed by atoms with van der Waals surface area (Å²) in [6, 6.07) is 59.5. The lowest BCUT2D eigenvalue weighted by Gasteiger charge is -2.29. The first-order valence-corrected chi connectivity index (χ1v) is 44.0. The molecule has 0 aliphatic carbocycles. The number of carbonyl (C=O) groups excluding carboxylic acids is 6. The number of pyridine rings is 6. The number of aliphatic hydroxyl groups excluding tert-OH is 1. The molecule has 134 heavy (non-hydrogen) atoms. The standard InChI is InChI=1S/C23H26N2O5.C18H21N3O.C18H18N2O3.C17H18N2O2.C14H17NO4.C7H8O3S.C6H5NO/c1-23(2,3)30-22(27)18(21(26)29-5)20(16-9-7-12-24-14-16)25-13-11-15-8-6-10-17(28-4)19(15)25;1-19-11-8-16(15-6-4-10-20-13-15)21-12-9-14-5-3-7-17(22-2)18(14)21;1-22-16-7-3-5-13-8-10-20(18(13)16)15(11-17(21)23-2)14-6-4-9-19-12-14;1-21-16-6-2-4-13-7-10-19(17(13)16)15(8-11-20)14-5-3-9-18-12-14;1-14(2,3)19-13(17)11(12(16)18-4)8-10-6-5-7-15-9-10;1-6-2-4-7(5-3-6)11(8,9)10;8-5-6-2-1-3-7-4-6/h6-14,18,20H,1-5H3;3-7,9-10,12-13,16,19H,8,11H2,1-2H3;3-10,12,15H,11H2,1-2H3;2-7,9-10,12,15,20H,8,11H2,1H3;5-9H,1-4H3;2-5H,1H3,(H,8,9,10);1-5H/b;;;;11-8-;;. The van der Waals surface area contributed by atoms with Crippen molar-refractivity contribution in [3.05, 3.63) is 338 Å². The summed E-state index contributed by atoms with van der Waals surface area (Å²) >= 11 is 0. The van der Waals surface area contributed by atoms with Crippen LogP contribution in [0.2, 0.25) is 0 Å². The van der Waals surface area contributed by atoms with Gasteiger partial charge < -0.3 is 71.3 Å². The summed E-state index contributed by atoms with van der Waals surface area (Å²) in [6.07, 6.45) is 32.4. The van der Waals surface area contributed by atoms with Gasteiger partial charge in [-0.3, -0.25) is 53.6 Å². The van der Waals surface area contributed by atoms with Crippen LogP contribution in [0.1, 0.15) is 129 Å². The number of fused-ring (bicyclic) bond motifs is 4. The second-order valence-electron chi connectivity index (χ2n) is 31.9. The first kappa shape index (κ1) is 103. The van der Waals surface area contributed by atoms with Gasteiger partial charge in [0.15, 0.2) is 12.2 Å². The number of nitrogens with one attached hydrogen (secondary N) is 1. The van der Waals surface area contributed by atoms with E-state index in [1.807, 2.05) is 169 Å². The summed E-state index contributed by atoms with van der Waals surface area (Å²) < 4.78 is 85.2. The number of hydrogen-bond acceptors (Lipinski definition) is 25. The molecule has 0 saturated carbocycles. The van der Waals surface area contributed by atoms with Gasteiger partial charge in [0.1, 0.15) is 39.8 Å². The van der Waals surface area contributed by atoms with Gasteiger partial charge in [-0.2, -0.15) is 8.42 Å². The highest BCUT2D eigenvalue weighted by molar-refractivity contribution is 7.85. The van der Waals surface area contributed by atoms with Gasteiger partial charge in [-0.15, -0.1) is 0 Å². The van der Waals surface area contributed by atoms with Crippen LogP contribution in [0.4, 0.5) is 0 Å². The van der Waals surface area contributed by atoms with Gasteiger partial charge in [-0.05, 0) is 212 Å². The van der Waals surface area contributed by atoms with E-state index in [-0.39, 0.29) is 47.6 Å². The molecule has 0 radical (unpaired) electrons. The van der Waals surface area contributed by atoms with E-state index >= 15 is 0 Å². The van der Waals surface area contributed by atoms with Crippen molar-refractivity contribution >= 4 is 95.9 Å². The van der Waals surface area contributed by atoms with Crippen molar-refractivity contribution in [1.29, 1.82) is 0 Å². The molecule has 0 bridgehead atoms. The average Bonchev–Trinajstić information content (AvgIpc) is 1.59. The van der Waals surface area contributed by atoms with Gasteiger partial charge in [0, 0.05) is 133 Å². The number of nitrogens with zero attached hydrogens (tertiary/aromatic N) is 10. The van der Waals surface area contributed by atoms with Gasteiger partial charge in [0.05, 0.1) is 107 Å². The maximum absolute atomic E-state index is 13.2. The Morgan fingerprint density at radius 3 is 1.15 bits per heavy atom. The molecule has 0 spiro atoms. The summed E-state index contributed by atoms with van der Waals surface area (Å²) in [4.78, 5) is 95.9. The minimum Gasteiger partial charge on any atom is -0.495 e. The zero-order chi connectivity index (χ0) is 96.9. The Hall–Kier alpha value is -15.1. The molecule has 3 N–H and O–H groups in total. The van der Waals surface area contributed by atoms with Crippen molar-refractivity contribution in [2.75, 3.05) is 70.0 Å². The number of methoxy groups -OCH3 is 7. The molecule has 15 rings (SSSR count). The van der Waals surface area contributed by atoms with E-state index in [1.54, 1.807) is 156 Å². The molecule has 5 atom stereocenters. The van der Waals surface area contributed by atoms with Crippen LogP contribution >= 0.6 is 0 Å². The van der Waals surface area contributed by atoms with E-state index in [0.29, 0.717) is 28.9 Å². The second kappa shape index (κ2) is 50.4. The Balaban J connectivity index is 0.000000180. The van der Waals surface area contributed by atoms with E-state index in [0.717, 1.165) is 91.4 Å². The number of ether oxygens (including phenoxy) is 9. The number of rotatable bonds is 27. The molecule has 0 aliphatic heterocycles. The predicted molar refractivity (Wildman–Crippen MR) is 512 cm³/mol. The van der Waals surface area contributed by atoms with Crippen molar-refractivity contribution < 1.29 is 89.5 Å². The average molecular weight is 1840 g/mol. The maximum atomic E-state index is 13.2. The molecule has 5 unspecified atom stereocenters. The highest BCUT2D eigenvalue weighted by atomic mass is 32.2. The lowest BCUT2D eigenvalue weighted by molar-refractivity contribution is -0.170. The Bertz CT molecular complexity index is 6410. The highest BCUT2D eigenvalue weighted by Crippen LogP contribution is 2.40. The van der Waals surface area contributed by atoms with Crippen LogP contribution in [0.3, 0.4) is 0 Å². The third-order valence-corrected chi connectivity index (χ3v) is 21.3. The van der Waals surface area contributed by atoms with Gasteiger partial charge in [0.25, 0.3) is 10.1 Å². The number of carbonyl (C=O) groups is 6. The molecular weight excluding hydrogens is 1730 g/mol. The van der Waals surface area contributed by atoms with Crippen molar-refractivity contribution in [3.63, 3.8) is 0 Å². The van der Waals surface area contributed by atoms with Crippen molar-refractivity contribution in [1.82, 2.24) is 53.5 Å². The smallest absolute Gasteiger partial charge is 0.346 e. The van der Waals surface area contributed by atoms with E-state index in [1.165, 1.54) is 62.9 Å². The molecule has 10 aromatic heterocycles. The van der Waals surface area contributed by atoms with Crippen LogP contribution in [0.15, 0.2) is 304 Å². The van der Waals surface area contributed by atoms with Crippen molar-refractivity contribution in [2.24, 2.45) is 5.92 Å². The number of esters is 5. The molecular formula is C103H113N11O19S. The Labute approximate surface area is 779 Å². The topological polar surface area (TPSA) is 369 Å². The molecule has 30 nitrogen and oxygen atoms in total. The lowest BCUT2D eigenvalue weighted by Crippen LogP contribution is -2.39. The monoisotopic (exact) mass is 1840 g/mol. The number of benzene rings is 5. The highest BCUT2D eigenvalue weighted by Gasteiger charge is 2.42. The quantitative estimate of drug-likeness (QED) is 0.00818. The molecule has 0 amide bonds. The fourth-order valence-corrected chi connectivity index (χ4v) is 14.9. The zero-order valence-electron chi connectivity index (χ0n) is 77.5. The van der Waals surface area contributed by atoms with Gasteiger partial charge in [-0.25, -0.2) is 9.59 Å². The van der Waals surface area contributed by atoms with E-state index in [2.05, 4.69) is 85.6 Å². The van der Waals surface area contributed by atoms with Gasteiger partial charge >= 0.3 is 29.8 Å². The Kier molecular flexibility index (Phi) is 38.6. The molecule has 0 saturated heterocycles. The molecule has 10 heterocycles. The van der Waals surface area contributed by atoms with Gasteiger partial charge in [0.2, 0.25) is 0 Å². The van der Waals surface area contributed by atoms with Crippen LogP contribution in [0.5, 0.6) is 23.0 Å². The predicted octanol–water partition coefficient (Wildman–Crippen LogP) is 17.3. The van der Waals surface area contributed by atoms with Crippen LogP contribution in [0.25, 0.3) is 49.7 Å². The number of aldehydes is 1. The van der Waals surface area contributed by atoms with Crippen LogP contribution in [-0.4, -0.2) is 184 Å². The summed E-state index contributed by atoms with van der Waals surface area (Å²) in [5.41, 5.74) is 8.37. The number of aliphatic hydroxyl groups is 1. The SMILES string of the molecule is CNCCC(c1cccnc1)n1ccc2cccc(OC)c21.COC(=O)/C(=C/c1cccnc1)C(=O)OC(C)(C)C.COC(=O)C(C(=O)OC(C)(C)C)C(c1cccnc1)n1ccc2cccc(OC)c21.COC(=O)CC(c1cccnc1)n1ccc2cccc(OC)c21.COc1cccc2ccn(C(CCO)c3cccnc3)c12.Cc1ccc(S(=O)(=O)O)cc1.O=Cc1cccnc1. The maximum Gasteiger partial charge on any atom is 0.346 e. The van der Waals surface area contributed by atoms with E-state index < -0.39 is 57.2 Å². The summed E-state index contributed by atoms with van der Waals surface area (Å²) in [5, 5.41) is 17.0. The fraction of sp³-hybridized carbons (Fsp3) is 0.262. The van der Waals surface area contributed by atoms with Crippen molar-refractivity contribution in [2.45, 2.75) is 108 Å². The van der Waals surface area contributed by atoms with E-state index in [4.69, 9.17) is 42.4 Å². The summed E-state index contributed by atoms with van der Waals surface area (Å²) in [5.74, 6) is -1.18. The van der Waals surface area contributed by atoms with Crippen LogP contribution in [0, 0.1) is 12.8 Å². The summed E-state index contributed by atoms with van der Waals surface area (Å²) in [7, 11) is 8.45. The number of hydrogen-bond donors (Lipinski definition) is 3. The third-order valence-electron chi connectivity index (χ3n) is 20.5. The third kappa shape index (κ3) is 28.7. The molecule has 15 aromatic rings. The van der Waals surface area contributed by atoms with Crippen LogP contribution < -0.4 is 24.3 Å². The Morgan fingerprint density at radius 1 is 0.425 bits per heavy atom. The zero-order valence-corrected chi connectivity index (χ0v) is 78.3.